The molecule has 1 atom stereocenters. The predicted molar refractivity (Wildman–Crippen MR) is 312 cm³/mol. The molecule has 0 spiro atoms. The van der Waals surface area contributed by atoms with Crippen LogP contribution in [0.3, 0.4) is 0 Å². The van der Waals surface area contributed by atoms with E-state index in [1.54, 1.807) is 0 Å². The van der Waals surface area contributed by atoms with Gasteiger partial charge in [0.25, 0.3) is 0 Å². The van der Waals surface area contributed by atoms with Crippen molar-refractivity contribution in [2.24, 2.45) is 0 Å². The Morgan fingerprint density at radius 2 is 0.458 bits per heavy atom. The Morgan fingerprint density at radius 1 is 0.264 bits per heavy atom. The monoisotopic (exact) mass is 1010 g/mol. The molecule has 1 unspecified atom stereocenters. The summed E-state index contributed by atoms with van der Waals surface area (Å²) in [6.45, 7) is 6.65. The second-order valence-corrected chi connectivity index (χ2v) is 22.4. The van der Waals surface area contributed by atoms with Gasteiger partial charge >= 0.3 is 17.9 Å². The lowest BCUT2D eigenvalue weighted by molar-refractivity contribution is -0.167. The van der Waals surface area contributed by atoms with E-state index in [0.717, 1.165) is 57.8 Å². The third kappa shape index (κ3) is 59.0. The Labute approximate surface area is 450 Å². The molecule has 6 nitrogen and oxygen atoms in total. The van der Waals surface area contributed by atoms with Crippen LogP contribution in [0.1, 0.15) is 374 Å². The number of esters is 3. The topological polar surface area (TPSA) is 78.9 Å². The Morgan fingerprint density at radius 3 is 0.694 bits per heavy atom. The average Bonchev–Trinajstić information content (AvgIpc) is 3.38. The molecule has 0 amide bonds. The van der Waals surface area contributed by atoms with Gasteiger partial charge in [0, 0.05) is 19.3 Å². The van der Waals surface area contributed by atoms with Crippen LogP contribution in [0.2, 0.25) is 0 Å². The van der Waals surface area contributed by atoms with Crippen LogP contribution in [0.4, 0.5) is 0 Å². The van der Waals surface area contributed by atoms with Gasteiger partial charge < -0.3 is 14.2 Å². The molecule has 0 bridgehead atoms. The molecule has 0 saturated carbocycles. The van der Waals surface area contributed by atoms with Gasteiger partial charge in [-0.05, 0) is 44.9 Å². The maximum absolute atomic E-state index is 12.8. The molecule has 0 saturated heterocycles. The van der Waals surface area contributed by atoms with E-state index in [2.05, 4.69) is 32.9 Å². The lowest BCUT2D eigenvalue weighted by atomic mass is 10.0. The van der Waals surface area contributed by atoms with Crippen molar-refractivity contribution in [1.82, 2.24) is 0 Å². The molecular formula is C66H126O6. The van der Waals surface area contributed by atoms with Crippen molar-refractivity contribution in [3.05, 3.63) is 12.2 Å². The highest BCUT2D eigenvalue weighted by atomic mass is 16.6. The normalized spacial score (nSPS) is 12.0. The summed E-state index contributed by atoms with van der Waals surface area (Å²) in [5.74, 6) is -0.846. The van der Waals surface area contributed by atoms with Crippen molar-refractivity contribution in [2.45, 2.75) is 380 Å². The quantitative estimate of drug-likeness (QED) is 0.0261. The number of carbonyl (C=O) groups is 3. The molecule has 0 aliphatic heterocycles. The first kappa shape index (κ1) is 70.1. The number of hydrogen-bond acceptors (Lipinski definition) is 6. The molecule has 6 heteroatoms. The smallest absolute Gasteiger partial charge is 0.306 e. The van der Waals surface area contributed by atoms with E-state index in [9.17, 15) is 14.4 Å². The van der Waals surface area contributed by atoms with Crippen LogP contribution < -0.4 is 0 Å². The maximum Gasteiger partial charge on any atom is 0.306 e. The van der Waals surface area contributed by atoms with Gasteiger partial charge in [0.05, 0.1) is 0 Å². The number of rotatable bonds is 61. The highest BCUT2D eigenvalue weighted by Crippen LogP contribution is 2.18. The van der Waals surface area contributed by atoms with Crippen molar-refractivity contribution in [3.8, 4) is 0 Å². The minimum absolute atomic E-state index is 0.0637. The van der Waals surface area contributed by atoms with Gasteiger partial charge in [-0.3, -0.25) is 14.4 Å². The third-order valence-electron chi connectivity index (χ3n) is 15.0. The molecule has 72 heavy (non-hydrogen) atoms. The highest BCUT2D eigenvalue weighted by Gasteiger charge is 2.19. The van der Waals surface area contributed by atoms with Crippen molar-refractivity contribution >= 4 is 17.9 Å². The number of ether oxygens (including phenoxy) is 3. The maximum atomic E-state index is 12.8. The second kappa shape index (κ2) is 61.7. The van der Waals surface area contributed by atoms with Gasteiger partial charge in [-0.1, -0.05) is 322 Å². The molecule has 0 aromatic rings. The first-order chi connectivity index (χ1) is 35.5. The van der Waals surface area contributed by atoms with Gasteiger partial charge in [-0.25, -0.2) is 0 Å². The average molecular weight is 1020 g/mol. The van der Waals surface area contributed by atoms with Crippen LogP contribution in [0.25, 0.3) is 0 Å². The lowest BCUT2D eigenvalue weighted by Crippen LogP contribution is -2.30. The molecular weight excluding hydrogens is 889 g/mol. The summed E-state index contributed by atoms with van der Waals surface area (Å²) >= 11 is 0. The van der Waals surface area contributed by atoms with Crippen LogP contribution in [-0.4, -0.2) is 37.2 Å². The minimum Gasteiger partial charge on any atom is -0.462 e. The summed E-state index contributed by atoms with van der Waals surface area (Å²) in [7, 11) is 0. The van der Waals surface area contributed by atoms with Gasteiger partial charge in [0.1, 0.15) is 13.2 Å². The van der Waals surface area contributed by atoms with Crippen LogP contribution in [-0.2, 0) is 28.6 Å². The summed E-state index contributed by atoms with van der Waals surface area (Å²) in [6.07, 6.45) is 72.7. The van der Waals surface area contributed by atoms with Crippen LogP contribution in [0.5, 0.6) is 0 Å². The Balaban J connectivity index is 3.97. The van der Waals surface area contributed by atoms with Crippen molar-refractivity contribution in [1.29, 1.82) is 0 Å². The predicted octanol–water partition coefficient (Wildman–Crippen LogP) is 22.1. The van der Waals surface area contributed by atoms with Gasteiger partial charge in [0.2, 0.25) is 0 Å². The summed E-state index contributed by atoms with van der Waals surface area (Å²) in [5.41, 5.74) is 0. The van der Waals surface area contributed by atoms with E-state index >= 15 is 0 Å². The minimum atomic E-state index is -0.762. The summed E-state index contributed by atoms with van der Waals surface area (Å²) < 4.78 is 16.8. The fourth-order valence-corrected chi connectivity index (χ4v) is 10.1. The molecule has 0 fully saturated rings. The molecule has 0 heterocycles. The first-order valence-corrected chi connectivity index (χ1v) is 32.7. The number of hydrogen-bond donors (Lipinski definition) is 0. The zero-order chi connectivity index (χ0) is 52.2. The SMILES string of the molecule is CCCCCCCCCC/C=C\CCCCCCCCCCCCCCCCCCCC(=O)OCC(COC(=O)CCCCCCCC)OC(=O)CCCCCCCCCCCCCCCCCCCCC. The molecule has 0 aliphatic rings. The molecule has 0 radical (unpaired) electrons. The van der Waals surface area contributed by atoms with E-state index in [1.165, 1.54) is 276 Å². The molecule has 0 aromatic carbocycles. The summed E-state index contributed by atoms with van der Waals surface area (Å²) in [6, 6.07) is 0. The number of allylic oxidation sites excluding steroid dienone is 2. The number of unbranched alkanes of at least 4 members (excludes halogenated alkanes) is 48. The van der Waals surface area contributed by atoms with E-state index in [4.69, 9.17) is 14.2 Å². The fourth-order valence-electron chi connectivity index (χ4n) is 10.1. The van der Waals surface area contributed by atoms with E-state index < -0.39 is 6.10 Å². The van der Waals surface area contributed by atoms with Gasteiger partial charge in [-0.15, -0.1) is 0 Å². The largest absolute Gasteiger partial charge is 0.462 e. The zero-order valence-corrected chi connectivity index (χ0v) is 49.0. The van der Waals surface area contributed by atoms with Crippen molar-refractivity contribution < 1.29 is 28.6 Å². The van der Waals surface area contributed by atoms with Crippen LogP contribution >= 0.6 is 0 Å². The Bertz CT molecular complexity index is 1120. The van der Waals surface area contributed by atoms with E-state index in [-0.39, 0.29) is 31.1 Å². The molecule has 0 rings (SSSR count). The fraction of sp³-hybridized carbons (Fsp3) is 0.924. The zero-order valence-electron chi connectivity index (χ0n) is 49.0. The number of carbonyl (C=O) groups excluding carboxylic acids is 3. The van der Waals surface area contributed by atoms with Crippen LogP contribution in [0, 0.1) is 0 Å². The third-order valence-corrected chi connectivity index (χ3v) is 15.0. The van der Waals surface area contributed by atoms with E-state index in [0.29, 0.717) is 19.3 Å². The lowest BCUT2D eigenvalue weighted by Gasteiger charge is -2.18. The Hall–Kier alpha value is -1.85. The first-order valence-electron chi connectivity index (χ1n) is 32.7. The van der Waals surface area contributed by atoms with Gasteiger partial charge in [-0.2, -0.15) is 0 Å². The van der Waals surface area contributed by atoms with Crippen LogP contribution in [0.15, 0.2) is 12.2 Å². The second-order valence-electron chi connectivity index (χ2n) is 22.4. The molecule has 0 N–H and O–H groups in total. The summed E-state index contributed by atoms with van der Waals surface area (Å²) in [4.78, 5) is 38.0. The molecule has 0 aromatic heterocycles. The Kier molecular flexibility index (Phi) is 60.1. The summed E-state index contributed by atoms with van der Waals surface area (Å²) in [5, 5.41) is 0. The molecule has 426 valence electrons. The van der Waals surface area contributed by atoms with Crippen molar-refractivity contribution in [2.75, 3.05) is 13.2 Å². The standard InChI is InChI=1S/C66H126O6/c1-4-7-10-13-16-18-20-22-24-26-28-29-30-31-32-33-34-35-36-37-39-40-42-44-46-48-50-53-56-59-65(68)71-62-63(61-70-64(67)58-55-52-15-12-9-6-3)72-66(69)60-57-54-51-49-47-45-43-41-38-27-25-23-21-19-17-14-11-8-5-2/h26,28,63H,4-25,27,29-62H2,1-3H3/b28-26-. The highest BCUT2D eigenvalue weighted by molar-refractivity contribution is 5.71. The van der Waals surface area contributed by atoms with E-state index in [1.807, 2.05) is 0 Å². The molecule has 0 aliphatic carbocycles. The van der Waals surface area contributed by atoms with Gasteiger partial charge in [0.15, 0.2) is 6.10 Å². The van der Waals surface area contributed by atoms with Crippen molar-refractivity contribution in [3.63, 3.8) is 0 Å².